The summed E-state index contributed by atoms with van der Waals surface area (Å²) < 4.78 is 0.725. The van der Waals surface area contributed by atoms with Crippen LogP contribution < -0.4 is 5.32 Å². The normalized spacial score (nSPS) is 24.9. The molecule has 2 aliphatic carbocycles. The maximum absolute atomic E-state index is 12.4. The second kappa shape index (κ2) is 5.29. The summed E-state index contributed by atoms with van der Waals surface area (Å²) in [6.45, 7) is 0. The minimum absolute atomic E-state index is 0.0137. The SMILES string of the molecule is O=C(NC(C1CC1)C1CC1)C1CC(c2ccc(Cl)s2)=NO1. The van der Waals surface area contributed by atoms with E-state index in [9.17, 15) is 4.79 Å². The van der Waals surface area contributed by atoms with Crippen LogP contribution in [-0.2, 0) is 9.63 Å². The van der Waals surface area contributed by atoms with Crippen molar-refractivity contribution >= 4 is 34.6 Å². The standard InChI is InChI=1S/C15H17ClN2O2S/c16-13-6-5-12(21-13)10-7-11(20-18-10)15(19)17-14(8-1-2-8)9-3-4-9/h5-6,8-9,11,14H,1-4,7H2,(H,17,19). The van der Waals surface area contributed by atoms with Crippen LogP contribution in [0, 0.1) is 11.8 Å². The minimum Gasteiger partial charge on any atom is -0.382 e. The van der Waals surface area contributed by atoms with E-state index in [4.69, 9.17) is 16.4 Å². The van der Waals surface area contributed by atoms with Crippen molar-refractivity contribution in [1.82, 2.24) is 5.32 Å². The first-order valence-electron chi connectivity index (χ1n) is 7.49. The molecule has 2 saturated carbocycles. The van der Waals surface area contributed by atoms with Crippen molar-refractivity contribution in [3.05, 3.63) is 21.3 Å². The number of hydrogen-bond donors (Lipinski definition) is 1. The van der Waals surface area contributed by atoms with Crippen LogP contribution >= 0.6 is 22.9 Å². The van der Waals surface area contributed by atoms with Crippen LogP contribution in [0.1, 0.15) is 37.0 Å². The fraction of sp³-hybridized carbons (Fsp3) is 0.600. The number of oxime groups is 1. The molecule has 3 aliphatic rings. The molecule has 1 aliphatic heterocycles. The molecule has 2 heterocycles. The number of nitrogens with one attached hydrogen (secondary N) is 1. The lowest BCUT2D eigenvalue weighted by molar-refractivity contribution is -0.132. The second-order valence-corrected chi connectivity index (χ2v) is 7.86. The first kappa shape index (κ1) is 13.6. The van der Waals surface area contributed by atoms with E-state index in [0.29, 0.717) is 24.3 Å². The van der Waals surface area contributed by atoms with Crippen LogP contribution in [0.2, 0.25) is 4.34 Å². The Labute approximate surface area is 132 Å². The maximum atomic E-state index is 12.4. The third kappa shape index (κ3) is 2.94. The average molecular weight is 325 g/mol. The van der Waals surface area contributed by atoms with Gasteiger partial charge in [-0.05, 0) is 49.7 Å². The number of nitrogens with zero attached hydrogens (tertiary/aromatic N) is 1. The molecule has 0 radical (unpaired) electrons. The first-order chi connectivity index (χ1) is 10.2. The van der Waals surface area contributed by atoms with Crippen LogP contribution in [0.15, 0.2) is 17.3 Å². The molecule has 0 aromatic carbocycles. The van der Waals surface area contributed by atoms with Gasteiger partial charge in [-0.15, -0.1) is 11.3 Å². The summed E-state index contributed by atoms with van der Waals surface area (Å²) >= 11 is 7.40. The number of thiophene rings is 1. The van der Waals surface area contributed by atoms with Crippen molar-refractivity contribution < 1.29 is 9.63 Å². The van der Waals surface area contributed by atoms with E-state index >= 15 is 0 Å². The van der Waals surface area contributed by atoms with Gasteiger partial charge in [0.2, 0.25) is 6.10 Å². The van der Waals surface area contributed by atoms with E-state index in [1.165, 1.54) is 37.0 Å². The zero-order valence-corrected chi connectivity index (χ0v) is 13.1. The van der Waals surface area contributed by atoms with Gasteiger partial charge in [-0.1, -0.05) is 16.8 Å². The molecule has 4 nitrogen and oxygen atoms in total. The van der Waals surface area contributed by atoms with Gasteiger partial charge in [-0.25, -0.2) is 0 Å². The number of carbonyl (C=O) groups excluding carboxylic acids is 1. The van der Waals surface area contributed by atoms with E-state index in [1.807, 2.05) is 12.1 Å². The van der Waals surface area contributed by atoms with Crippen molar-refractivity contribution in [1.29, 1.82) is 0 Å². The molecule has 1 aromatic heterocycles. The molecule has 0 saturated heterocycles. The van der Waals surface area contributed by atoms with Gasteiger partial charge in [0.25, 0.3) is 5.91 Å². The van der Waals surface area contributed by atoms with E-state index < -0.39 is 6.10 Å². The van der Waals surface area contributed by atoms with Gasteiger partial charge >= 0.3 is 0 Å². The number of amides is 1. The molecular formula is C15H17ClN2O2S. The lowest BCUT2D eigenvalue weighted by atomic mass is 10.1. The molecule has 1 aromatic rings. The molecule has 1 N–H and O–H groups in total. The van der Waals surface area contributed by atoms with Crippen molar-refractivity contribution in [2.24, 2.45) is 17.0 Å². The molecule has 21 heavy (non-hydrogen) atoms. The molecule has 2 fully saturated rings. The van der Waals surface area contributed by atoms with Crippen molar-refractivity contribution in [3.8, 4) is 0 Å². The molecule has 6 heteroatoms. The van der Waals surface area contributed by atoms with Gasteiger partial charge in [0.15, 0.2) is 0 Å². The number of rotatable bonds is 5. The zero-order chi connectivity index (χ0) is 14.4. The largest absolute Gasteiger partial charge is 0.382 e. The molecule has 0 bridgehead atoms. The Morgan fingerprint density at radius 1 is 1.33 bits per heavy atom. The Hall–Kier alpha value is -1.07. The predicted molar refractivity (Wildman–Crippen MR) is 82.7 cm³/mol. The fourth-order valence-electron chi connectivity index (χ4n) is 2.92. The van der Waals surface area contributed by atoms with Crippen LogP contribution in [0.25, 0.3) is 0 Å². The van der Waals surface area contributed by atoms with E-state index in [-0.39, 0.29) is 5.91 Å². The Bertz CT molecular complexity index is 580. The fourth-order valence-corrected chi connectivity index (χ4v) is 3.95. The molecule has 0 spiro atoms. The van der Waals surface area contributed by atoms with Crippen LogP contribution in [0.4, 0.5) is 0 Å². The Kier molecular flexibility index (Phi) is 3.42. The average Bonchev–Trinajstić information content (AvgIpc) is 3.39. The monoisotopic (exact) mass is 324 g/mol. The summed E-state index contributed by atoms with van der Waals surface area (Å²) in [5.74, 6) is 1.37. The summed E-state index contributed by atoms with van der Waals surface area (Å²) in [7, 11) is 0. The highest BCUT2D eigenvalue weighted by Gasteiger charge is 2.43. The van der Waals surface area contributed by atoms with Gasteiger partial charge in [-0.3, -0.25) is 4.79 Å². The molecule has 1 amide bonds. The molecule has 1 unspecified atom stereocenters. The van der Waals surface area contributed by atoms with Crippen molar-refractivity contribution in [3.63, 3.8) is 0 Å². The summed E-state index contributed by atoms with van der Waals surface area (Å²) in [4.78, 5) is 18.7. The van der Waals surface area contributed by atoms with E-state index in [1.54, 1.807) is 0 Å². The third-order valence-electron chi connectivity index (χ3n) is 4.39. The molecule has 1 atom stereocenters. The summed E-state index contributed by atoms with van der Waals surface area (Å²) in [5, 5.41) is 7.26. The quantitative estimate of drug-likeness (QED) is 0.904. The second-order valence-electron chi connectivity index (χ2n) is 6.15. The summed E-state index contributed by atoms with van der Waals surface area (Å²) in [6, 6.07) is 4.13. The lowest BCUT2D eigenvalue weighted by Gasteiger charge is -2.19. The van der Waals surface area contributed by atoms with Crippen molar-refractivity contribution in [2.45, 2.75) is 44.2 Å². The van der Waals surface area contributed by atoms with Crippen LogP contribution in [-0.4, -0.2) is 23.8 Å². The maximum Gasteiger partial charge on any atom is 0.264 e. The number of carbonyl (C=O) groups is 1. The van der Waals surface area contributed by atoms with Crippen LogP contribution in [0.5, 0.6) is 0 Å². The highest BCUT2D eigenvalue weighted by Crippen LogP contribution is 2.44. The van der Waals surface area contributed by atoms with E-state index in [0.717, 1.165) is 14.9 Å². The van der Waals surface area contributed by atoms with E-state index in [2.05, 4.69) is 10.5 Å². The molecule has 4 rings (SSSR count). The summed E-state index contributed by atoms with van der Waals surface area (Å²) in [6.07, 6.45) is 5.06. The number of halogens is 1. The lowest BCUT2D eigenvalue weighted by Crippen LogP contribution is -2.43. The Morgan fingerprint density at radius 3 is 2.62 bits per heavy atom. The zero-order valence-electron chi connectivity index (χ0n) is 11.5. The topological polar surface area (TPSA) is 50.7 Å². The summed E-state index contributed by atoms with van der Waals surface area (Å²) in [5.41, 5.74) is 0.821. The molecule has 112 valence electrons. The third-order valence-corrected chi connectivity index (χ3v) is 5.67. The van der Waals surface area contributed by atoms with Crippen molar-refractivity contribution in [2.75, 3.05) is 0 Å². The van der Waals surface area contributed by atoms with Gasteiger partial charge < -0.3 is 10.2 Å². The highest BCUT2D eigenvalue weighted by molar-refractivity contribution is 7.18. The highest BCUT2D eigenvalue weighted by atomic mass is 35.5. The minimum atomic E-state index is -0.485. The first-order valence-corrected chi connectivity index (χ1v) is 8.69. The predicted octanol–water partition coefficient (Wildman–Crippen LogP) is 3.20. The smallest absolute Gasteiger partial charge is 0.264 e. The Morgan fingerprint density at radius 2 is 2.05 bits per heavy atom. The Balaban J connectivity index is 1.36. The molecular weight excluding hydrogens is 308 g/mol. The van der Waals surface area contributed by atoms with Gasteiger partial charge in [0.05, 0.1) is 9.21 Å². The number of hydrogen-bond acceptors (Lipinski definition) is 4. The van der Waals surface area contributed by atoms with Gasteiger partial charge in [0, 0.05) is 12.5 Å². The van der Waals surface area contributed by atoms with Gasteiger partial charge in [0.1, 0.15) is 5.71 Å². The van der Waals surface area contributed by atoms with Gasteiger partial charge in [-0.2, -0.15) is 0 Å². The van der Waals surface area contributed by atoms with Crippen LogP contribution in [0.3, 0.4) is 0 Å².